The number of allylic oxidation sites excluding steroid dienone is 1. The van der Waals surface area contributed by atoms with Crippen molar-refractivity contribution in [1.82, 2.24) is 0 Å². The van der Waals surface area contributed by atoms with Crippen LogP contribution in [0.25, 0.3) is 0 Å². The monoisotopic (exact) mass is 248 g/mol. The highest BCUT2D eigenvalue weighted by Crippen LogP contribution is 2.27. The molecule has 0 saturated heterocycles. The molecular formula is C15H20O3. The molecule has 18 heavy (non-hydrogen) atoms. The molecule has 0 spiro atoms. The Morgan fingerprint density at radius 3 is 2.17 bits per heavy atom. The molecule has 1 aromatic rings. The van der Waals surface area contributed by atoms with E-state index >= 15 is 0 Å². The summed E-state index contributed by atoms with van der Waals surface area (Å²) in [7, 11) is 3.03. The van der Waals surface area contributed by atoms with E-state index in [1.165, 1.54) is 7.11 Å². The first-order valence-corrected chi connectivity index (χ1v) is 5.83. The molecule has 0 radical (unpaired) electrons. The molecule has 1 rings (SSSR count). The summed E-state index contributed by atoms with van der Waals surface area (Å²) in [5.74, 6) is 0.528. The van der Waals surface area contributed by atoms with E-state index < -0.39 is 0 Å². The van der Waals surface area contributed by atoms with Gasteiger partial charge in [-0.1, -0.05) is 32.1 Å². The first-order chi connectivity index (χ1) is 8.40. The number of hydrogen-bond donors (Lipinski definition) is 0. The third-order valence-corrected chi connectivity index (χ3v) is 2.92. The molecular weight excluding hydrogens is 228 g/mol. The smallest absolute Gasteiger partial charge is 0.333 e. The lowest BCUT2D eigenvalue weighted by atomic mass is 9.83. The van der Waals surface area contributed by atoms with Gasteiger partial charge in [0.05, 0.1) is 14.2 Å². The first-order valence-electron chi connectivity index (χ1n) is 5.83. The van der Waals surface area contributed by atoms with Gasteiger partial charge in [-0.25, -0.2) is 4.79 Å². The van der Waals surface area contributed by atoms with E-state index in [0.717, 1.165) is 11.3 Å². The maximum Gasteiger partial charge on any atom is 0.333 e. The third-order valence-electron chi connectivity index (χ3n) is 2.92. The van der Waals surface area contributed by atoms with Crippen LogP contribution in [0.4, 0.5) is 0 Å². The Hall–Kier alpha value is -1.77. The van der Waals surface area contributed by atoms with Gasteiger partial charge in [0.2, 0.25) is 0 Å². The second-order valence-corrected chi connectivity index (χ2v) is 4.77. The zero-order valence-corrected chi connectivity index (χ0v) is 11.6. The van der Waals surface area contributed by atoms with Gasteiger partial charge in [-0.15, -0.1) is 0 Å². The molecule has 3 heteroatoms. The molecule has 1 aromatic carbocycles. The Kier molecular flexibility index (Phi) is 4.54. The van der Waals surface area contributed by atoms with Crippen molar-refractivity contribution >= 4 is 5.97 Å². The highest BCUT2D eigenvalue weighted by atomic mass is 16.5. The Morgan fingerprint density at radius 1 is 1.17 bits per heavy atom. The number of carbonyl (C=O) groups is 1. The second kappa shape index (κ2) is 5.71. The van der Waals surface area contributed by atoms with E-state index in [4.69, 9.17) is 9.47 Å². The predicted molar refractivity (Wildman–Crippen MR) is 71.8 cm³/mol. The second-order valence-electron chi connectivity index (χ2n) is 4.77. The summed E-state index contributed by atoms with van der Waals surface area (Å²) in [5.41, 5.74) is 1.50. The van der Waals surface area contributed by atoms with Crippen LogP contribution >= 0.6 is 0 Å². The van der Waals surface area contributed by atoms with Crippen molar-refractivity contribution in [3.63, 3.8) is 0 Å². The molecule has 0 atom stereocenters. The quantitative estimate of drug-likeness (QED) is 0.606. The SMILES string of the molecule is COC(=O)/C(C)=C/C(C)(C)c1ccc(OC)cc1. The van der Waals surface area contributed by atoms with Gasteiger partial charge in [-0.2, -0.15) is 0 Å². The van der Waals surface area contributed by atoms with Gasteiger partial charge in [-0.3, -0.25) is 0 Å². The number of carbonyl (C=O) groups excluding carboxylic acids is 1. The van der Waals surface area contributed by atoms with Crippen LogP contribution in [-0.2, 0) is 14.9 Å². The van der Waals surface area contributed by atoms with E-state index in [9.17, 15) is 4.79 Å². The van der Waals surface area contributed by atoms with Crippen LogP contribution in [0.5, 0.6) is 5.75 Å². The van der Waals surface area contributed by atoms with Crippen LogP contribution in [0.2, 0.25) is 0 Å². The van der Waals surface area contributed by atoms with Gasteiger partial charge < -0.3 is 9.47 Å². The Morgan fingerprint density at radius 2 is 1.72 bits per heavy atom. The van der Waals surface area contributed by atoms with Gasteiger partial charge in [0.25, 0.3) is 0 Å². The lowest BCUT2D eigenvalue weighted by Gasteiger charge is -2.22. The first kappa shape index (κ1) is 14.3. The van der Waals surface area contributed by atoms with Gasteiger partial charge in [0.1, 0.15) is 5.75 Å². The van der Waals surface area contributed by atoms with Crippen molar-refractivity contribution < 1.29 is 14.3 Å². The number of ether oxygens (including phenoxy) is 2. The molecule has 0 aliphatic carbocycles. The van der Waals surface area contributed by atoms with Crippen LogP contribution < -0.4 is 4.74 Å². The third kappa shape index (κ3) is 3.36. The molecule has 0 aromatic heterocycles. The highest BCUT2D eigenvalue weighted by molar-refractivity contribution is 5.87. The van der Waals surface area contributed by atoms with Crippen molar-refractivity contribution in [1.29, 1.82) is 0 Å². The van der Waals surface area contributed by atoms with Crippen molar-refractivity contribution in [2.45, 2.75) is 26.2 Å². The summed E-state index contributed by atoms with van der Waals surface area (Å²) in [4.78, 5) is 11.4. The van der Waals surface area contributed by atoms with Crippen LogP contribution in [0.15, 0.2) is 35.9 Å². The maximum atomic E-state index is 11.4. The molecule has 0 heterocycles. The fourth-order valence-corrected chi connectivity index (χ4v) is 1.87. The minimum atomic E-state index is -0.295. The molecule has 98 valence electrons. The summed E-state index contributed by atoms with van der Waals surface area (Å²) >= 11 is 0. The zero-order chi connectivity index (χ0) is 13.8. The predicted octanol–water partition coefficient (Wildman–Crippen LogP) is 3.09. The fourth-order valence-electron chi connectivity index (χ4n) is 1.87. The largest absolute Gasteiger partial charge is 0.497 e. The van der Waals surface area contributed by atoms with Crippen molar-refractivity contribution in [2.75, 3.05) is 14.2 Å². The maximum absolute atomic E-state index is 11.4. The van der Waals surface area contributed by atoms with E-state index in [1.54, 1.807) is 14.0 Å². The van der Waals surface area contributed by atoms with Crippen molar-refractivity contribution in [2.24, 2.45) is 0 Å². The minimum Gasteiger partial charge on any atom is -0.497 e. The molecule has 0 aliphatic rings. The number of rotatable bonds is 4. The molecule has 0 amide bonds. The van der Waals surface area contributed by atoms with Crippen LogP contribution in [0.3, 0.4) is 0 Å². The molecule has 0 unspecified atom stereocenters. The Labute approximate surface area is 108 Å². The van der Waals surface area contributed by atoms with Gasteiger partial charge in [0.15, 0.2) is 0 Å². The summed E-state index contributed by atoms with van der Waals surface area (Å²) in [5, 5.41) is 0. The number of methoxy groups -OCH3 is 2. The zero-order valence-electron chi connectivity index (χ0n) is 11.6. The summed E-state index contributed by atoms with van der Waals surface area (Å²) in [6.45, 7) is 5.87. The lowest BCUT2D eigenvalue weighted by molar-refractivity contribution is -0.136. The Balaban J connectivity index is 3.01. The number of esters is 1. The molecule has 0 aliphatic heterocycles. The fraction of sp³-hybridized carbons (Fsp3) is 0.400. The van der Waals surface area contributed by atoms with Crippen LogP contribution in [0, 0.1) is 0 Å². The Bertz CT molecular complexity index is 441. The molecule has 3 nitrogen and oxygen atoms in total. The average molecular weight is 248 g/mol. The number of benzene rings is 1. The van der Waals surface area contributed by atoms with Gasteiger partial charge in [0, 0.05) is 11.0 Å². The topological polar surface area (TPSA) is 35.5 Å². The van der Waals surface area contributed by atoms with Gasteiger partial charge >= 0.3 is 5.97 Å². The van der Waals surface area contributed by atoms with E-state index in [0.29, 0.717) is 5.57 Å². The number of hydrogen-bond acceptors (Lipinski definition) is 3. The lowest BCUT2D eigenvalue weighted by Crippen LogP contribution is -2.16. The minimum absolute atomic E-state index is 0.232. The van der Waals surface area contributed by atoms with Crippen molar-refractivity contribution in [3.05, 3.63) is 41.5 Å². The summed E-state index contributed by atoms with van der Waals surface area (Å²) in [6.07, 6.45) is 1.92. The van der Waals surface area contributed by atoms with Crippen molar-refractivity contribution in [3.8, 4) is 5.75 Å². The standard InChI is InChI=1S/C15H20O3/c1-11(14(16)18-5)10-15(2,3)12-6-8-13(17-4)9-7-12/h6-10H,1-5H3/b11-10+. The molecule has 0 saturated carbocycles. The normalized spacial score (nSPS) is 12.2. The average Bonchev–Trinajstić information content (AvgIpc) is 2.37. The van der Waals surface area contributed by atoms with E-state index in [2.05, 4.69) is 13.8 Å². The molecule has 0 bridgehead atoms. The van der Waals surface area contributed by atoms with E-state index in [1.807, 2.05) is 30.3 Å². The summed E-state index contributed by atoms with van der Waals surface area (Å²) < 4.78 is 9.83. The highest BCUT2D eigenvalue weighted by Gasteiger charge is 2.19. The van der Waals surface area contributed by atoms with Crippen LogP contribution in [0.1, 0.15) is 26.3 Å². The van der Waals surface area contributed by atoms with E-state index in [-0.39, 0.29) is 11.4 Å². The van der Waals surface area contributed by atoms with Crippen LogP contribution in [-0.4, -0.2) is 20.2 Å². The summed E-state index contributed by atoms with van der Waals surface area (Å²) in [6, 6.07) is 7.83. The van der Waals surface area contributed by atoms with Gasteiger partial charge in [-0.05, 0) is 24.6 Å². The molecule has 0 fully saturated rings. The molecule has 0 N–H and O–H groups in total.